The fourth-order valence-electron chi connectivity index (χ4n) is 9.06. The van der Waals surface area contributed by atoms with E-state index >= 15 is 0 Å². The topological polar surface area (TPSA) is 107 Å². The van der Waals surface area contributed by atoms with Crippen LogP contribution in [-0.2, 0) is 31.2 Å². The molecule has 2 bridgehead atoms. The van der Waals surface area contributed by atoms with Crippen LogP contribution in [0.5, 0.6) is 5.75 Å². The summed E-state index contributed by atoms with van der Waals surface area (Å²) in [6, 6.07) is 24.0. The number of esters is 1. The SMILES string of the molecule is C=C1C[C@@]23O[C@]2(c2ccccc21)C1CC(OC(=O)[C@H](O)[C@@H](NC(=O)OCC)c2ccc(OCc4ccccc4)cc2)C3(C)C1(C)C. The number of carbonyl (C=O) groups excluding carboxylic acids is 2. The lowest BCUT2D eigenvalue weighted by Gasteiger charge is -2.45. The molecule has 7 rings (SSSR count). The molecule has 3 unspecified atom stereocenters. The number of aliphatic hydroxyl groups is 1. The highest BCUT2D eigenvalue weighted by Gasteiger charge is 2.95. The summed E-state index contributed by atoms with van der Waals surface area (Å²) in [4.78, 5) is 26.4. The number of epoxide rings is 1. The predicted molar refractivity (Wildman–Crippen MR) is 172 cm³/mol. The molecule has 0 radical (unpaired) electrons. The average molecular weight is 624 g/mol. The number of ether oxygens (including phenoxy) is 4. The molecule has 1 amide bonds. The van der Waals surface area contributed by atoms with E-state index in [1.165, 1.54) is 5.56 Å². The zero-order chi connectivity index (χ0) is 32.5. The highest BCUT2D eigenvalue weighted by atomic mass is 16.6. The third kappa shape index (κ3) is 4.12. The first-order valence-electron chi connectivity index (χ1n) is 16.1. The minimum absolute atomic E-state index is 0.103. The van der Waals surface area contributed by atoms with E-state index in [4.69, 9.17) is 18.9 Å². The van der Waals surface area contributed by atoms with Crippen molar-refractivity contribution in [2.75, 3.05) is 6.61 Å². The van der Waals surface area contributed by atoms with Gasteiger partial charge in [-0.2, -0.15) is 0 Å². The Balaban J connectivity index is 1.12. The predicted octanol–water partition coefficient (Wildman–Crippen LogP) is 6.47. The van der Waals surface area contributed by atoms with Crippen molar-refractivity contribution in [3.05, 3.63) is 108 Å². The van der Waals surface area contributed by atoms with Gasteiger partial charge in [-0.3, -0.25) is 0 Å². The van der Waals surface area contributed by atoms with Gasteiger partial charge in [-0.05, 0) is 58.7 Å². The largest absolute Gasteiger partial charge is 0.489 e. The Kier molecular flexibility index (Phi) is 7.10. The van der Waals surface area contributed by atoms with Gasteiger partial charge in [0.2, 0.25) is 0 Å². The number of rotatable bonds is 9. The fraction of sp³-hybridized carbons (Fsp3) is 0.421. The van der Waals surface area contributed by atoms with Crippen molar-refractivity contribution in [3.8, 4) is 5.75 Å². The van der Waals surface area contributed by atoms with E-state index in [1.807, 2.05) is 42.5 Å². The van der Waals surface area contributed by atoms with E-state index in [1.54, 1.807) is 31.2 Å². The van der Waals surface area contributed by atoms with E-state index in [0.717, 1.165) is 16.7 Å². The number of benzene rings is 3. The molecule has 1 heterocycles. The summed E-state index contributed by atoms with van der Waals surface area (Å²) >= 11 is 0. The number of fused-ring (bicyclic) bond motifs is 3. The summed E-state index contributed by atoms with van der Waals surface area (Å²) in [5.74, 6) is -0.0935. The van der Waals surface area contributed by atoms with Gasteiger partial charge in [0.25, 0.3) is 0 Å². The highest BCUT2D eigenvalue weighted by molar-refractivity contribution is 5.79. The van der Waals surface area contributed by atoms with E-state index in [2.05, 4.69) is 44.8 Å². The molecule has 3 aliphatic carbocycles. The molecule has 3 fully saturated rings. The van der Waals surface area contributed by atoms with Crippen molar-refractivity contribution >= 4 is 17.6 Å². The summed E-state index contributed by atoms with van der Waals surface area (Å²) in [7, 11) is 0. The molecule has 240 valence electrons. The van der Waals surface area contributed by atoms with E-state index in [9.17, 15) is 14.7 Å². The second-order valence-corrected chi connectivity index (χ2v) is 13.8. The van der Waals surface area contributed by atoms with Gasteiger partial charge in [-0.15, -0.1) is 0 Å². The summed E-state index contributed by atoms with van der Waals surface area (Å²) in [5, 5.41) is 14.1. The molecule has 46 heavy (non-hydrogen) atoms. The number of hydrogen-bond donors (Lipinski definition) is 2. The van der Waals surface area contributed by atoms with Crippen molar-refractivity contribution in [2.24, 2.45) is 16.7 Å². The number of carbonyl (C=O) groups is 2. The van der Waals surface area contributed by atoms with Gasteiger partial charge >= 0.3 is 12.1 Å². The van der Waals surface area contributed by atoms with Crippen LogP contribution < -0.4 is 10.1 Å². The maximum absolute atomic E-state index is 13.8. The van der Waals surface area contributed by atoms with Crippen molar-refractivity contribution in [3.63, 3.8) is 0 Å². The molecule has 4 aliphatic rings. The van der Waals surface area contributed by atoms with Crippen LogP contribution in [0.2, 0.25) is 0 Å². The molecule has 3 aromatic carbocycles. The van der Waals surface area contributed by atoms with Crippen LogP contribution in [0.4, 0.5) is 4.79 Å². The molecule has 0 aromatic heterocycles. The van der Waals surface area contributed by atoms with Crippen LogP contribution in [0, 0.1) is 16.7 Å². The van der Waals surface area contributed by atoms with Gasteiger partial charge in [0.15, 0.2) is 6.10 Å². The van der Waals surface area contributed by atoms with Crippen LogP contribution >= 0.6 is 0 Å². The third-order valence-electron chi connectivity index (χ3n) is 11.5. The Hall–Kier alpha value is -4.14. The second kappa shape index (κ2) is 10.7. The lowest BCUT2D eigenvalue weighted by Crippen LogP contribution is -2.53. The smallest absolute Gasteiger partial charge is 0.407 e. The molecule has 1 aliphatic heterocycles. The molecular weight excluding hydrogens is 582 g/mol. The maximum Gasteiger partial charge on any atom is 0.407 e. The molecule has 0 spiro atoms. The molecule has 8 nitrogen and oxygen atoms in total. The van der Waals surface area contributed by atoms with Crippen molar-refractivity contribution in [1.29, 1.82) is 0 Å². The summed E-state index contributed by atoms with van der Waals surface area (Å²) < 4.78 is 24.1. The molecular formula is C38H41NO7. The monoisotopic (exact) mass is 623 g/mol. The minimum Gasteiger partial charge on any atom is -0.489 e. The lowest BCUT2D eigenvalue weighted by atomic mass is 9.59. The van der Waals surface area contributed by atoms with Gasteiger partial charge < -0.3 is 29.4 Å². The Labute approximate surface area is 269 Å². The summed E-state index contributed by atoms with van der Waals surface area (Å²) in [6.07, 6.45) is -1.67. The molecule has 2 saturated carbocycles. The fourth-order valence-corrected chi connectivity index (χ4v) is 9.06. The Bertz CT molecular complexity index is 1690. The van der Waals surface area contributed by atoms with Crippen LogP contribution in [0.3, 0.4) is 0 Å². The zero-order valence-corrected chi connectivity index (χ0v) is 26.7. The first-order valence-corrected chi connectivity index (χ1v) is 16.1. The average Bonchev–Trinajstić information content (AvgIpc) is 3.68. The van der Waals surface area contributed by atoms with E-state index in [-0.39, 0.29) is 17.9 Å². The first-order chi connectivity index (χ1) is 22.0. The van der Waals surface area contributed by atoms with Crippen LogP contribution in [0.1, 0.15) is 68.8 Å². The zero-order valence-electron chi connectivity index (χ0n) is 26.7. The van der Waals surface area contributed by atoms with Crippen LogP contribution in [-0.4, -0.2) is 41.6 Å². The van der Waals surface area contributed by atoms with Gasteiger partial charge in [0, 0.05) is 17.8 Å². The molecule has 1 saturated heterocycles. The summed E-state index contributed by atoms with van der Waals surface area (Å²) in [5.41, 5.74) is 3.12. The van der Waals surface area contributed by atoms with Crippen molar-refractivity contribution in [1.82, 2.24) is 5.32 Å². The van der Waals surface area contributed by atoms with E-state index in [0.29, 0.717) is 30.8 Å². The minimum atomic E-state index is -1.68. The molecule has 8 heteroatoms. The molecule has 2 N–H and O–H groups in total. The number of aliphatic hydroxyl groups excluding tert-OH is 1. The van der Waals surface area contributed by atoms with Gasteiger partial charge in [0.1, 0.15) is 29.7 Å². The van der Waals surface area contributed by atoms with Crippen molar-refractivity contribution < 1.29 is 33.6 Å². The van der Waals surface area contributed by atoms with Gasteiger partial charge in [-0.25, -0.2) is 9.59 Å². The first kappa shape index (κ1) is 30.5. The van der Waals surface area contributed by atoms with E-state index < -0.39 is 46.9 Å². The standard InChI is InChI=1S/C38H41NO7/c1-6-43-34(42)39-31(25-16-18-26(19-17-25)44-22-24-12-8-7-9-13-24)32(40)33(41)45-30-20-29-35(3,4)36(30,5)37-21-23(2)27-14-10-11-15-28(27)38(29,37)46-37/h7-19,29-32,40H,2,6,20-22H2,1,3-5H3,(H,39,42)/t29?,30?,31-,32+,36?,37-,38+/m0/s1. The summed E-state index contributed by atoms with van der Waals surface area (Å²) in [6.45, 7) is 13.3. The quantitative estimate of drug-likeness (QED) is 0.208. The Morgan fingerprint density at radius 3 is 2.43 bits per heavy atom. The lowest BCUT2D eigenvalue weighted by molar-refractivity contribution is -0.172. The van der Waals surface area contributed by atoms with Gasteiger partial charge in [0.05, 0.1) is 12.6 Å². The number of amides is 1. The second-order valence-electron chi connectivity index (χ2n) is 13.8. The molecule has 7 atom stereocenters. The van der Waals surface area contributed by atoms with Crippen LogP contribution in [0.25, 0.3) is 5.57 Å². The Morgan fingerprint density at radius 2 is 1.72 bits per heavy atom. The van der Waals surface area contributed by atoms with Crippen molar-refractivity contribution in [2.45, 2.75) is 76.6 Å². The Morgan fingerprint density at radius 1 is 1.02 bits per heavy atom. The normalized spacial score (nSPS) is 30.7. The van der Waals surface area contributed by atoms with Gasteiger partial charge in [-0.1, -0.05) is 94.1 Å². The highest BCUT2D eigenvalue weighted by Crippen LogP contribution is 2.89. The molecule has 3 aromatic rings. The third-order valence-corrected chi connectivity index (χ3v) is 11.5. The number of nitrogens with one attached hydrogen (secondary N) is 1. The number of alkyl carbamates (subject to hydrolysis) is 1. The van der Waals surface area contributed by atoms with Crippen LogP contribution in [0.15, 0.2) is 85.4 Å². The number of hydrogen-bond acceptors (Lipinski definition) is 7. The maximum atomic E-state index is 13.8.